The third kappa shape index (κ3) is 4.50. The maximum Gasteiger partial charge on any atom is 0.260 e. The highest BCUT2D eigenvalue weighted by atomic mass is 35.5. The molecule has 2 aromatic heterocycles. The van der Waals surface area contributed by atoms with Crippen molar-refractivity contribution in [2.24, 2.45) is 0 Å². The molecule has 0 saturated heterocycles. The zero-order valence-corrected chi connectivity index (χ0v) is 20.0. The minimum Gasteiger partial charge on any atom is -0.495 e. The summed E-state index contributed by atoms with van der Waals surface area (Å²) in [6, 6.07) is 5.21. The summed E-state index contributed by atoms with van der Waals surface area (Å²) in [6.45, 7) is 2.54. The summed E-state index contributed by atoms with van der Waals surface area (Å²) in [7, 11) is 5.45. The van der Waals surface area contributed by atoms with Gasteiger partial charge in [0.2, 0.25) is 5.95 Å². The van der Waals surface area contributed by atoms with Gasteiger partial charge in [0.05, 0.1) is 40.1 Å². The van der Waals surface area contributed by atoms with Gasteiger partial charge in [0.15, 0.2) is 0 Å². The smallest absolute Gasteiger partial charge is 0.260 e. The minimum absolute atomic E-state index is 0.347. The monoisotopic (exact) mass is 484 g/mol. The molecule has 0 spiro atoms. The number of halogens is 2. The van der Waals surface area contributed by atoms with Crippen molar-refractivity contribution < 1.29 is 9.53 Å². The number of benzene rings is 2. The van der Waals surface area contributed by atoms with E-state index in [2.05, 4.69) is 25.3 Å². The topological polar surface area (TPSA) is 96.0 Å². The van der Waals surface area contributed by atoms with Crippen molar-refractivity contribution in [2.45, 2.75) is 13.5 Å². The van der Waals surface area contributed by atoms with Crippen LogP contribution in [-0.2, 0) is 6.54 Å². The molecule has 0 aliphatic rings. The van der Waals surface area contributed by atoms with Crippen LogP contribution in [0.15, 0.2) is 36.8 Å². The third-order valence-electron chi connectivity index (χ3n) is 5.06. The van der Waals surface area contributed by atoms with Gasteiger partial charge in [0.1, 0.15) is 11.3 Å². The Bertz CT molecular complexity index is 1350. The molecule has 2 heterocycles. The van der Waals surface area contributed by atoms with Crippen molar-refractivity contribution in [3.63, 3.8) is 0 Å². The van der Waals surface area contributed by atoms with Crippen LogP contribution in [0, 0.1) is 6.92 Å². The van der Waals surface area contributed by atoms with Crippen LogP contribution in [0.4, 0.5) is 5.95 Å². The third-order valence-corrected chi connectivity index (χ3v) is 5.92. The number of carbonyl (C=O) groups excluding carboxylic acids is 1. The first kappa shape index (κ1) is 23.0. The molecule has 0 aliphatic carbocycles. The fourth-order valence-electron chi connectivity index (χ4n) is 3.59. The van der Waals surface area contributed by atoms with Gasteiger partial charge >= 0.3 is 0 Å². The Balaban J connectivity index is 1.78. The van der Waals surface area contributed by atoms with Gasteiger partial charge in [0, 0.05) is 30.1 Å². The van der Waals surface area contributed by atoms with Crippen LogP contribution >= 0.6 is 23.2 Å². The lowest BCUT2D eigenvalue weighted by Gasteiger charge is -2.16. The molecule has 0 atom stereocenters. The van der Waals surface area contributed by atoms with E-state index >= 15 is 0 Å². The molecule has 10 heteroatoms. The van der Waals surface area contributed by atoms with Crippen LogP contribution in [0.3, 0.4) is 0 Å². The molecule has 2 N–H and O–H groups in total. The SMILES string of the molecule is COc1cc(C)c(Cl)c(-c2ccc(C(=O)Nc3ncc(CN(C)C)[nH]3)c3nccnc23)c1Cl. The molecule has 0 saturated carbocycles. The number of hydrogen-bond acceptors (Lipinski definition) is 6. The van der Waals surface area contributed by atoms with E-state index in [9.17, 15) is 4.79 Å². The Morgan fingerprint density at radius 2 is 1.85 bits per heavy atom. The largest absolute Gasteiger partial charge is 0.495 e. The molecule has 1 amide bonds. The zero-order chi connectivity index (χ0) is 23.7. The van der Waals surface area contributed by atoms with Crippen molar-refractivity contribution in [3.8, 4) is 16.9 Å². The number of aromatic nitrogens is 4. The number of imidazole rings is 1. The van der Waals surface area contributed by atoms with Crippen LogP contribution in [0.5, 0.6) is 5.75 Å². The molecule has 8 nitrogen and oxygen atoms in total. The minimum atomic E-state index is -0.364. The van der Waals surface area contributed by atoms with Gasteiger partial charge in [-0.05, 0) is 38.7 Å². The lowest BCUT2D eigenvalue weighted by atomic mass is 9.98. The van der Waals surface area contributed by atoms with Crippen molar-refractivity contribution in [2.75, 3.05) is 26.5 Å². The van der Waals surface area contributed by atoms with E-state index in [-0.39, 0.29) is 5.91 Å². The van der Waals surface area contributed by atoms with Gasteiger partial charge in [-0.25, -0.2) is 4.98 Å². The van der Waals surface area contributed by atoms with Gasteiger partial charge < -0.3 is 14.6 Å². The quantitative estimate of drug-likeness (QED) is 0.401. The van der Waals surface area contributed by atoms with E-state index in [0.29, 0.717) is 56.0 Å². The normalized spacial score (nSPS) is 11.2. The number of nitrogens with zero attached hydrogens (tertiary/aromatic N) is 4. The van der Waals surface area contributed by atoms with Crippen molar-refractivity contribution in [1.29, 1.82) is 0 Å². The summed E-state index contributed by atoms with van der Waals surface area (Å²) in [4.78, 5) is 31.3. The number of hydrogen-bond donors (Lipinski definition) is 2. The second-order valence-corrected chi connectivity index (χ2v) is 8.52. The number of nitrogens with one attached hydrogen (secondary N) is 2. The van der Waals surface area contributed by atoms with Crippen LogP contribution < -0.4 is 10.1 Å². The van der Waals surface area contributed by atoms with E-state index in [1.165, 1.54) is 6.20 Å². The van der Waals surface area contributed by atoms with Crippen LogP contribution in [0.2, 0.25) is 10.0 Å². The van der Waals surface area contributed by atoms with Crippen molar-refractivity contribution in [3.05, 3.63) is 63.7 Å². The summed E-state index contributed by atoms with van der Waals surface area (Å²) in [5, 5.41) is 3.63. The molecule has 0 unspecified atom stereocenters. The highest BCUT2D eigenvalue weighted by Gasteiger charge is 2.22. The Morgan fingerprint density at radius 1 is 1.12 bits per heavy atom. The number of aromatic amines is 1. The standard InChI is InChI=1S/C23H22Cl2N6O2/c1-12-9-16(33-4)19(25)17(18(12)24)14-5-6-15(21-20(14)26-7-8-27-21)22(32)30-23-28-10-13(29-23)11-31(2)3/h5-10H,11H2,1-4H3,(H2,28,29,30,32). The highest BCUT2D eigenvalue weighted by Crippen LogP contribution is 2.44. The number of anilines is 1. The second-order valence-electron chi connectivity index (χ2n) is 7.76. The van der Waals surface area contributed by atoms with Crippen molar-refractivity contribution >= 4 is 46.1 Å². The number of ether oxygens (including phenoxy) is 1. The first-order valence-corrected chi connectivity index (χ1v) is 10.8. The summed E-state index contributed by atoms with van der Waals surface area (Å²) in [5.41, 5.74) is 4.17. The molecule has 4 rings (SSSR count). The number of H-pyrrole nitrogens is 1. The second kappa shape index (κ2) is 9.35. The average Bonchev–Trinajstić information content (AvgIpc) is 3.22. The van der Waals surface area contributed by atoms with Crippen molar-refractivity contribution in [1.82, 2.24) is 24.8 Å². The number of methoxy groups -OCH3 is 1. The number of rotatable bonds is 6. The Hall–Kier alpha value is -3.20. The fourth-order valence-corrected chi connectivity index (χ4v) is 4.21. The summed E-state index contributed by atoms with van der Waals surface area (Å²) < 4.78 is 5.41. The zero-order valence-electron chi connectivity index (χ0n) is 18.5. The predicted molar refractivity (Wildman–Crippen MR) is 130 cm³/mol. The molecule has 170 valence electrons. The fraction of sp³-hybridized carbons (Fsp3) is 0.217. The Labute approximate surface area is 200 Å². The first-order chi connectivity index (χ1) is 15.8. The molecule has 0 bridgehead atoms. The van der Waals surface area contributed by atoms with E-state index in [1.54, 1.807) is 37.7 Å². The molecular weight excluding hydrogens is 463 g/mol. The Kier molecular flexibility index (Phi) is 6.51. The average molecular weight is 485 g/mol. The van der Waals surface area contributed by atoms with Gasteiger partial charge in [-0.3, -0.25) is 20.1 Å². The van der Waals surface area contributed by atoms with Gasteiger partial charge in [-0.15, -0.1) is 0 Å². The van der Waals surface area contributed by atoms with Gasteiger partial charge in [0.25, 0.3) is 5.91 Å². The predicted octanol–water partition coefficient (Wildman–Crippen LogP) is 4.96. The molecular formula is C23H22Cl2N6O2. The number of amides is 1. The van der Waals surface area contributed by atoms with E-state index in [4.69, 9.17) is 27.9 Å². The highest BCUT2D eigenvalue weighted by molar-refractivity contribution is 6.41. The summed E-state index contributed by atoms with van der Waals surface area (Å²) >= 11 is 13.2. The van der Waals surface area contributed by atoms with E-state index in [0.717, 1.165) is 11.3 Å². The number of carbonyl (C=O) groups is 1. The lowest BCUT2D eigenvalue weighted by molar-refractivity contribution is 0.102. The van der Waals surface area contributed by atoms with E-state index in [1.807, 2.05) is 25.9 Å². The molecule has 0 aliphatic heterocycles. The van der Waals surface area contributed by atoms with E-state index < -0.39 is 0 Å². The van der Waals surface area contributed by atoms with Gasteiger partial charge in [-0.2, -0.15) is 0 Å². The molecule has 0 radical (unpaired) electrons. The number of fused-ring (bicyclic) bond motifs is 1. The molecule has 4 aromatic rings. The Morgan fingerprint density at radius 3 is 2.55 bits per heavy atom. The molecule has 0 fully saturated rings. The lowest BCUT2D eigenvalue weighted by Crippen LogP contribution is -2.15. The molecule has 2 aromatic carbocycles. The van der Waals surface area contributed by atoms with Crippen LogP contribution in [0.1, 0.15) is 21.6 Å². The maximum absolute atomic E-state index is 13.1. The maximum atomic E-state index is 13.1. The summed E-state index contributed by atoms with van der Waals surface area (Å²) in [5.74, 6) is 0.489. The van der Waals surface area contributed by atoms with Crippen LogP contribution in [-0.4, -0.2) is 51.9 Å². The first-order valence-electron chi connectivity index (χ1n) is 10.1. The molecule has 33 heavy (non-hydrogen) atoms. The summed E-state index contributed by atoms with van der Waals surface area (Å²) in [6.07, 6.45) is 4.78. The van der Waals surface area contributed by atoms with Crippen LogP contribution in [0.25, 0.3) is 22.2 Å². The van der Waals surface area contributed by atoms with Gasteiger partial charge in [-0.1, -0.05) is 29.3 Å². The number of aryl methyl sites for hydroxylation is 1.